The molecule has 0 aliphatic carbocycles. The van der Waals surface area contributed by atoms with Crippen LogP contribution in [0.3, 0.4) is 0 Å². The molecule has 4 heteroatoms. The predicted molar refractivity (Wildman–Crippen MR) is 82.9 cm³/mol. The lowest BCUT2D eigenvalue weighted by molar-refractivity contribution is 0.0347. The van der Waals surface area contributed by atoms with Crippen molar-refractivity contribution in [2.24, 2.45) is 13.0 Å². The highest BCUT2D eigenvalue weighted by Gasteiger charge is 2.25. The maximum Gasteiger partial charge on any atom is 0.111 e. The van der Waals surface area contributed by atoms with E-state index in [1.165, 1.54) is 5.52 Å². The van der Waals surface area contributed by atoms with E-state index in [4.69, 9.17) is 9.72 Å². The molecule has 0 aliphatic rings. The number of fused-ring (bicyclic) bond motifs is 1. The van der Waals surface area contributed by atoms with E-state index >= 15 is 0 Å². The van der Waals surface area contributed by atoms with Gasteiger partial charge >= 0.3 is 0 Å². The first-order valence-electron chi connectivity index (χ1n) is 7.18. The minimum Gasteiger partial charge on any atom is -0.380 e. The lowest BCUT2D eigenvalue weighted by Gasteiger charge is -2.28. The summed E-state index contributed by atoms with van der Waals surface area (Å²) in [5.41, 5.74) is 2.23. The third kappa shape index (κ3) is 2.86. The molecule has 2 rings (SSSR count). The van der Waals surface area contributed by atoms with Gasteiger partial charge < -0.3 is 14.6 Å². The number of likely N-dealkylation sites (N-methyl/N-ethyl adjacent to an activating group) is 1. The number of para-hydroxylation sites is 2. The molecule has 0 amide bonds. The summed E-state index contributed by atoms with van der Waals surface area (Å²) >= 11 is 0. The number of hydrogen-bond donors (Lipinski definition) is 1. The van der Waals surface area contributed by atoms with E-state index in [1.807, 2.05) is 13.1 Å². The van der Waals surface area contributed by atoms with E-state index in [0.717, 1.165) is 17.8 Å². The minimum atomic E-state index is 0.180. The average Bonchev–Trinajstić information content (AvgIpc) is 2.75. The first kappa shape index (κ1) is 15.0. The molecule has 110 valence electrons. The van der Waals surface area contributed by atoms with Crippen LogP contribution < -0.4 is 5.32 Å². The highest BCUT2D eigenvalue weighted by atomic mass is 16.5. The van der Waals surface area contributed by atoms with Crippen molar-refractivity contribution >= 4 is 11.0 Å². The summed E-state index contributed by atoms with van der Waals surface area (Å²) in [6, 6.07) is 8.51. The third-order valence-electron chi connectivity index (χ3n) is 3.98. The molecule has 0 bridgehead atoms. The van der Waals surface area contributed by atoms with E-state index in [1.54, 1.807) is 7.11 Å². The molecule has 1 heterocycles. The van der Waals surface area contributed by atoms with Gasteiger partial charge in [0.15, 0.2) is 0 Å². The molecule has 2 unspecified atom stereocenters. The molecule has 1 N–H and O–H groups in total. The van der Waals surface area contributed by atoms with Crippen LogP contribution >= 0.6 is 0 Å². The molecule has 0 saturated heterocycles. The van der Waals surface area contributed by atoms with Gasteiger partial charge in [-0.3, -0.25) is 0 Å². The average molecular weight is 275 g/mol. The normalized spacial score (nSPS) is 14.9. The number of methoxy groups -OCH3 is 1. The molecular formula is C16H25N3O. The van der Waals surface area contributed by atoms with Crippen LogP contribution in [0.5, 0.6) is 0 Å². The van der Waals surface area contributed by atoms with Crippen molar-refractivity contribution in [1.29, 1.82) is 0 Å². The van der Waals surface area contributed by atoms with E-state index in [2.05, 4.69) is 49.0 Å². The number of imidazole rings is 1. The zero-order chi connectivity index (χ0) is 14.7. The summed E-state index contributed by atoms with van der Waals surface area (Å²) in [6.45, 7) is 4.38. The van der Waals surface area contributed by atoms with Crippen LogP contribution in [-0.2, 0) is 18.2 Å². The number of rotatable bonds is 6. The summed E-state index contributed by atoms with van der Waals surface area (Å²) < 4.78 is 7.82. The predicted octanol–water partition coefficient (Wildman–Crippen LogP) is 2.37. The van der Waals surface area contributed by atoms with E-state index in [9.17, 15) is 0 Å². The molecular weight excluding hydrogens is 250 g/mol. The fraction of sp³-hybridized carbons (Fsp3) is 0.562. The second kappa shape index (κ2) is 6.37. The molecule has 0 aliphatic heterocycles. The fourth-order valence-corrected chi connectivity index (χ4v) is 2.86. The molecule has 0 spiro atoms. The Kier molecular flexibility index (Phi) is 4.78. The Balaban J connectivity index is 2.27. The van der Waals surface area contributed by atoms with Crippen LogP contribution in [-0.4, -0.2) is 35.9 Å². The number of aromatic nitrogens is 2. The second-order valence-corrected chi connectivity index (χ2v) is 5.62. The highest BCUT2D eigenvalue weighted by Crippen LogP contribution is 2.18. The summed E-state index contributed by atoms with van der Waals surface area (Å²) in [6.07, 6.45) is 1.04. The van der Waals surface area contributed by atoms with E-state index in [-0.39, 0.29) is 12.1 Å². The van der Waals surface area contributed by atoms with Crippen molar-refractivity contribution in [3.8, 4) is 0 Å². The Bertz CT molecular complexity index is 562. The number of hydrogen-bond acceptors (Lipinski definition) is 3. The van der Waals surface area contributed by atoms with Gasteiger partial charge in [0.1, 0.15) is 5.82 Å². The van der Waals surface area contributed by atoms with Gasteiger partial charge in [-0.2, -0.15) is 0 Å². The van der Waals surface area contributed by atoms with Crippen LogP contribution in [0.25, 0.3) is 11.0 Å². The van der Waals surface area contributed by atoms with Crippen molar-refractivity contribution in [2.75, 3.05) is 14.2 Å². The van der Waals surface area contributed by atoms with Gasteiger partial charge in [0, 0.05) is 26.6 Å². The Morgan fingerprint density at radius 3 is 2.55 bits per heavy atom. The van der Waals surface area contributed by atoms with E-state index in [0.29, 0.717) is 5.92 Å². The van der Waals surface area contributed by atoms with Gasteiger partial charge in [-0.15, -0.1) is 0 Å². The van der Waals surface area contributed by atoms with Crippen LogP contribution in [0, 0.1) is 5.92 Å². The largest absolute Gasteiger partial charge is 0.380 e. The highest BCUT2D eigenvalue weighted by molar-refractivity contribution is 5.75. The third-order valence-corrected chi connectivity index (χ3v) is 3.98. The molecule has 2 aromatic rings. The summed E-state index contributed by atoms with van der Waals surface area (Å²) in [7, 11) is 5.85. The minimum absolute atomic E-state index is 0.180. The van der Waals surface area contributed by atoms with Crippen molar-refractivity contribution in [1.82, 2.24) is 14.9 Å². The molecule has 4 nitrogen and oxygen atoms in total. The molecule has 0 saturated carbocycles. The lowest BCUT2D eigenvalue weighted by Crippen LogP contribution is -2.44. The van der Waals surface area contributed by atoms with Gasteiger partial charge in [-0.05, 0) is 25.1 Å². The van der Waals surface area contributed by atoms with Gasteiger partial charge in [0.05, 0.1) is 17.1 Å². The number of aryl methyl sites for hydroxylation is 1. The molecule has 1 aromatic carbocycles. The number of ether oxygens (including phenoxy) is 1. The van der Waals surface area contributed by atoms with E-state index < -0.39 is 0 Å². The van der Waals surface area contributed by atoms with Crippen molar-refractivity contribution in [3.63, 3.8) is 0 Å². The molecule has 1 aromatic heterocycles. The van der Waals surface area contributed by atoms with Crippen molar-refractivity contribution < 1.29 is 4.74 Å². The zero-order valence-corrected chi connectivity index (χ0v) is 13.1. The van der Waals surface area contributed by atoms with Crippen LogP contribution in [0.15, 0.2) is 24.3 Å². The first-order chi connectivity index (χ1) is 9.58. The SMILES string of the molecule is CNC(Cc1nc2ccccc2n1C)C(OC)C(C)C. The number of nitrogens with zero attached hydrogens (tertiary/aromatic N) is 2. The van der Waals surface area contributed by atoms with Gasteiger partial charge in [-0.1, -0.05) is 26.0 Å². The summed E-state index contributed by atoms with van der Waals surface area (Å²) in [4.78, 5) is 4.74. The van der Waals surface area contributed by atoms with Gasteiger partial charge in [0.25, 0.3) is 0 Å². The Labute approximate surface area is 121 Å². The standard InChI is InChI=1S/C16H25N3O/c1-11(2)16(20-5)13(17-3)10-15-18-12-8-6-7-9-14(12)19(15)4/h6-9,11,13,16-17H,10H2,1-5H3. The van der Waals surface area contributed by atoms with Crippen molar-refractivity contribution in [3.05, 3.63) is 30.1 Å². The van der Waals surface area contributed by atoms with Crippen LogP contribution in [0.1, 0.15) is 19.7 Å². The zero-order valence-electron chi connectivity index (χ0n) is 13.1. The summed E-state index contributed by atoms with van der Waals surface area (Å²) in [5, 5.41) is 3.38. The monoisotopic (exact) mass is 275 g/mol. The molecule has 20 heavy (non-hydrogen) atoms. The molecule has 2 atom stereocenters. The van der Waals surface area contributed by atoms with Gasteiger partial charge in [-0.25, -0.2) is 4.98 Å². The Morgan fingerprint density at radius 2 is 2.00 bits per heavy atom. The van der Waals surface area contributed by atoms with Gasteiger partial charge in [0.2, 0.25) is 0 Å². The fourth-order valence-electron chi connectivity index (χ4n) is 2.86. The smallest absolute Gasteiger partial charge is 0.111 e. The second-order valence-electron chi connectivity index (χ2n) is 5.62. The Hall–Kier alpha value is -1.39. The lowest BCUT2D eigenvalue weighted by atomic mass is 9.97. The maximum absolute atomic E-state index is 5.65. The first-order valence-corrected chi connectivity index (χ1v) is 7.18. The van der Waals surface area contributed by atoms with Crippen LogP contribution in [0.2, 0.25) is 0 Å². The maximum atomic E-state index is 5.65. The van der Waals surface area contributed by atoms with Crippen molar-refractivity contribution in [2.45, 2.75) is 32.4 Å². The number of nitrogens with one attached hydrogen (secondary N) is 1. The number of benzene rings is 1. The molecule has 0 radical (unpaired) electrons. The summed E-state index contributed by atoms with van der Waals surface area (Å²) in [5.74, 6) is 1.56. The van der Waals surface area contributed by atoms with Crippen LogP contribution in [0.4, 0.5) is 0 Å². The quantitative estimate of drug-likeness (QED) is 0.879. The Morgan fingerprint density at radius 1 is 1.30 bits per heavy atom. The topological polar surface area (TPSA) is 39.1 Å². The molecule has 0 fully saturated rings.